The van der Waals surface area contributed by atoms with Crippen LogP contribution in [0.2, 0.25) is 0 Å². The van der Waals surface area contributed by atoms with Crippen molar-refractivity contribution in [2.24, 2.45) is 0 Å². The fraction of sp³-hybridized carbons (Fsp3) is 0.588. The standard InChI is InChI=1S/C17H22BF3O5/c1-15(2)16(3,4)26-18(25-15)12(9-14(22)23)11-8-10(17(19,20)21)6-7-13(11)24-5/h6-8,12H,9H2,1-5H3,(H,22,23). The highest BCUT2D eigenvalue weighted by atomic mass is 19.4. The quantitative estimate of drug-likeness (QED) is 0.792. The zero-order chi connectivity index (χ0) is 19.9. The van der Waals surface area contributed by atoms with Gasteiger partial charge >= 0.3 is 19.3 Å². The summed E-state index contributed by atoms with van der Waals surface area (Å²) >= 11 is 0. The summed E-state index contributed by atoms with van der Waals surface area (Å²) in [5, 5.41) is 9.28. The summed E-state index contributed by atoms with van der Waals surface area (Å²) in [6.45, 7) is 7.14. The number of halogens is 3. The Morgan fingerprint density at radius 3 is 2.19 bits per heavy atom. The highest BCUT2D eigenvalue weighted by Crippen LogP contribution is 2.44. The molecular weight excluding hydrogens is 352 g/mol. The van der Waals surface area contributed by atoms with E-state index >= 15 is 0 Å². The van der Waals surface area contributed by atoms with Crippen molar-refractivity contribution in [3.8, 4) is 5.75 Å². The largest absolute Gasteiger partial charge is 0.496 e. The van der Waals surface area contributed by atoms with E-state index in [-0.39, 0.29) is 11.3 Å². The molecule has 9 heteroatoms. The molecule has 0 spiro atoms. The monoisotopic (exact) mass is 374 g/mol. The number of methoxy groups -OCH3 is 1. The van der Waals surface area contributed by atoms with Gasteiger partial charge in [0.2, 0.25) is 0 Å². The Hall–Kier alpha value is -1.74. The molecule has 0 aliphatic carbocycles. The Morgan fingerprint density at radius 2 is 1.77 bits per heavy atom. The maximum absolute atomic E-state index is 13.1. The van der Waals surface area contributed by atoms with Crippen LogP contribution in [-0.2, 0) is 20.3 Å². The van der Waals surface area contributed by atoms with Gasteiger partial charge < -0.3 is 19.2 Å². The van der Waals surface area contributed by atoms with Gasteiger partial charge in [-0.3, -0.25) is 4.79 Å². The molecule has 1 unspecified atom stereocenters. The average molecular weight is 374 g/mol. The van der Waals surface area contributed by atoms with Gasteiger partial charge in [-0.05, 0) is 51.5 Å². The first-order valence-electron chi connectivity index (χ1n) is 8.11. The lowest BCUT2D eigenvalue weighted by Gasteiger charge is -2.32. The molecular formula is C17H22BF3O5. The van der Waals surface area contributed by atoms with Crippen LogP contribution < -0.4 is 4.74 Å². The molecule has 1 atom stereocenters. The first-order valence-corrected chi connectivity index (χ1v) is 8.11. The molecule has 1 saturated heterocycles. The lowest BCUT2D eigenvalue weighted by atomic mass is 9.65. The zero-order valence-electron chi connectivity index (χ0n) is 15.3. The number of carbonyl (C=O) groups is 1. The number of benzene rings is 1. The van der Waals surface area contributed by atoms with E-state index in [9.17, 15) is 23.1 Å². The number of ether oxygens (including phenoxy) is 1. The molecule has 2 rings (SSSR count). The molecule has 1 aliphatic heterocycles. The van der Waals surface area contributed by atoms with Gasteiger partial charge in [-0.1, -0.05) is 0 Å². The molecule has 144 valence electrons. The SMILES string of the molecule is COc1ccc(C(F)(F)F)cc1C(CC(=O)O)B1OC(C)(C)C(C)(C)O1. The minimum atomic E-state index is -4.56. The summed E-state index contributed by atoms with van der Waals surface area (Å²) in [7, 11) is 0.294. The fourth-order valence-corrected chi connectivity index (χ4v) is 2.79. The summed E-state index contributed by atoms with van der Waals surface area (Å²) in [6, 6.07) is 2.97. The van der Waals surface area contributed by atoms with Crippen LogP contribution in [0.4, 0.5) is 13.2 Å². The molecule has 0 bridgehead atoms. The van der Waals surface area contributed by atoms with E-state index in [1.54, 1.807) is 27.7 Å². The highest BCUT2D eigenvalue weighted by Gasteiger charge is 2.54. The molecule has 1 N–H and O–H groups in total. The van der Waals surface area contributed by atoms with Crippen molar-refractivity contribution in [2.75, 3.05) is 7.11 Å². The number of alkyl halides is 3. The van der Waals surface area contributed by atoms with E-state index in [1.165, 1.54) is 13.2 Å². The Labute approximate surface area is 150 Å². The van der Waals surface area contributed by atoms with Crippen LogP contribution in [0, 0.1) is 0 Å². The maximum Gasteiger partial charge on any atom is 0.466 e. The molecule has 0 aromatic heterocycles. The second-order valence-electron chi connectivity index (χ2n) is 7.28. The first-order chi connectivity index (χ1) is 11.8. The van der Waals surface area contributed by atoms with E-state index < -0.39 is 48.3 Å². The van der Waals surface area contributed by atoms with Crippen molar-refractivity contribution in [3.63, 3.8) is 0 Å². The van der Waals surface area contributed by atoms with E-state index in [0.717, 1.165) is 12.1 Å². The van der Waals surface area contributed by atoms with Gasteiger partial charge in [-0.2, -0.15) is 13.2 Å². The zero-order valence-corrected chi connectivity index (χ0v) is 15.3. The summed E-state index contributed by atoms with van der Waals surface area (Å²) < 4.78 is 56.3. The van der Waals surface area contributed by atoms with Crippen molar-refractivity contribution < 1.29 is 37.1 Å². The van der Waals surface area contributed by atoms with Gasteiger partial charge in [0.15, 0.2) is 0 Å². The lowest BCUT2D eigenvalue weighted by Crippen LogP contribution is -2.41. The summed E-state index contributed by atoms with van der Waals surface area (Å²) in [5.41, 5.74) is -2.30. The van der Waals surface area contributed by atoms with Gasteiger partial charge in [0.05, 0.1) is 30.3 Å². The van der Waals surface area contributed by atoms with Crippen molar-refractivity contribution in [1.82, 2.24) is 0 Å². The van der Waals surface area contributed by atoms with Gasteiger partial charge in [-0.25, -0.2) is 0 Å². The Balaban J connectivity index is 2.53. The molecule has 1 aromatic rings. The van der Waals surface area contributed by atoms with Crippen molar-refractivity contribution in [3.05, 3.63) is 29.3 Å². The number of rotatable bonds is 5. The molecule has 0 amide bonds. The van der Waals surface area contributed by atoms with E-state index in [0.29, 0.717) is 0 Å². The third-order valence-electron chi connectivity index (χ3n) is 4.95. The predicted molar refractivity (Wildman–Crippen MR) is 89.1 cm³/mol. The molecule has 1 heterocycles. The van der Waals surface area contributed by atoms with Crippen LogP contribution in [0.25, 0.3) is 0 Å². The van der Waals surface area contributed by atoms with Crippen LogP contribution in [0.15, 0.2) is 18.2 Å². The topological polar surface area (TPSA) is 65.0 Å². The van der Waals surface area contributed by atoms with E-state index in [1.807, 2.05) is 0 Å². The average Bonchev–Trinajstić information content (AvgIpc) is 2.71. The molecule has 0 saturated carbocycles. The summed E-state index contributed by atoms with van der Waals surface area (Å²) in [6.07, 6.45) is -5.03. The third-order valence-corrected chi connectivity index (χ3v) is 4.95. The number of hydrogen-bond acceptors (Lipinski definition) is 4. The second-order valence-corrected chi connectivity index (χ2v) is 7.28. The molecule has 0 radical (unpaired) electrons. The number of aliphatic carboxylic acids is 1. The Kier molecular flexibility index (Phi) is 5.36. The van der Waals surface area contributed by atoms with Gasteiger partial charge in [0.25, 0.3) is 0 Å². The van der Waals surface area contributed by atoms with Gasteiger partial charge in [-0.15, -0.1) is 0 Å². The Morgan fingerprint density at radius 1 is 1.23 bits per heavy atom. The minimum absolute atomic E-state index is 0.0863. The normalized spacial score (nSPS) is 20.1. The van der Waals surface area contributed by atoms with Crippen LogP contribution >= 0.6 is 0 Å². The van der Waals surface area contributed by atoms with Crippen molar-refractivity contribution in [2.45, 2.75) is 57.3 Å². The maximum atomic E-state index is 13.1. The van der Waals surface area contributed by atoms with Crippen LogP contribution in [0.5, 0.6) is 5.75 Å². The van der Waals surface area contributed by atoms with Crippen LogP contribution in [0.1, 0.15) is 51.1 Å². The second kappa shape index (κ2) is 6.77. The fourth-order valence-electron chi connectivity index (χ4n) is 2.79. The van der Waals surface area contributed by atoms with Gasteiger partial charge in [0, 0.05) is 5.82 Å². The first kappa shape index (κ1) is 20.6. The van der Waals surface area contributed by atoms with Crippen LogP contribution in [-0.4, -0.2) is 36.5 Å². The molecule has 1 aliphatic rings. The summed E-state index contributed by atoms with van der Waals surface area (Å²) in [4.78, 5) is 11.4. The molecule has 26 heavy (non-hydrogen) atoms. The van der Waals surface area contributed by atoms with E-state index in [4.69, 9.17) is 14.0 Å². The third kappa shape index (κ3) is 3.98. The van der Waals surface area contributed by atoms with Crippen LogP contribution in [0.3, 0.4) is 0 Å². The minimum Gasteiger partial charge on any atom is -0.496 e. The lowest BCUT2D eigenvalue weighted by molar-refractivity contribution is -0.137. The highest BCUT2D eigenvalue weighted by molar-refractivity contribution is 6.48. The van der Waals surface area contributed by atoms with Gasteiger partial charge in [0.1, 0.15) is 5.75 Å². The molecule has 1 fully saturated rings. The number of carboxylic acid groups (broad SMARTS) is 1. The van der Waals surface area contributed by atoms with E-state index in [2.05, 4.69) is 0 Å². The van der Waals surface area contributed by atoms with Crippen molar-refractivity contribution >= 4 is 13.1 Å². The van der Waals surface area contributed by atoms with Crippen molar-refractivity contribution in [1.29, 1.82) is 0 Å². The predicted octanol–water partition coefficient (Wildman–Crippen LogP) is 3.90. The number of hydrogen-bond donors (Lipinski definition) is 1. The summed E-state index contributed by atoms with van der Waals surface area (Å²) in [5.74, 6) is -1.99. The Bertz CT molecular complexity index is 671. The molecule has 5 nitrogen and oxygen atoms in total. The number of carboxylic acids is 1. The smallest absolute Gasteiger partial charge is 0.466 e. The molecule has 1 aromatic carbocycles.